The zero-order valence-electron chi connectivity index (χ0n) is 15.6. The van der Waals surface area contributed by atoms with Gasteiger partial charge in [0, 0.05) is 44.8 Å². The molecular weight excluding hydrogens is 340 g/mol. The van der Waals surface area contributed by atoms with Gasteiger partial charge in [-0.05, 0) is 24.6 Å². The lowest BCUT2D eigenvalue weighted by Gasteiger charge is -2.27. The molecule has 1 N–H and O–H groups in total. The Labute approximate surface area is 158 Å². The van der Waals surface area contributed by atoms with Crippen LogP contribution in [0.15, 0.2) is 30.7 Å². The first-order chi connectivity index (χ1) is 13.1. The summed E-state index contributed by atoms with van der Waals surface area (Å²) in [5.74, 6) is 0.748. The van der Waals surface area contributed by atoms with E-state index in [9.17, 15) is 5.26 Å². The normalized spacial score (nSPS) is 14.0. The lowest BCUT2D eigenvalue weighted by molar-refractivity contribution is 0.204. The molecule has 0 saturated carbocycles. The van der Waals surface area contributed by atoms with Gasteiger partial charge in [-0.25, -0.2) is 4.98 Å². The van der Waals surface area contributed by atoms with Crippen LogP contribution in [-0.4, -0.2) is 35.8 Å². The van der Waals surface area contributed by atoms with E-state index in [0.29, 0.717) is 12.2 Å². The van der Waals surface area contributed by atoms with Gasteiger partial charge in [0.05, 0.1) is 30.7 Å². The molecule has 0 unspecified atom stereocenters. The molecule has 4 rings (SSSR count). The fourth-order valence-electron chi connectivity index (χ4n) is 3.44. The molecule has 8 heteroatoms. The fourth-order valence-corrected chi connectivity index (χ4v) is 3.44. The van der Waals surface area contributed by atoms with E-state index >= 15 is 0 Å². The molecule has 0 fully saturated rings. The Morgan fingerprint density at radius 1 is 1.26 bits per heavy atom. The molecule has 3 aromatic heterocycles. The molecule has 1 aliphatic rings. The summed E-state index contributed by atoms with van der Waals surface area (Å²) in [5, 5.41) is 17.2. The minimum atomic E-state index is 0.627. The van der Waals surface area contributed by atoms with Crippen LogP contribution in [0.4, 0.5) is 5.82 Å². The number of fused-ring (bicyclic) bond motifs is 1. The summed E-state index contributed by atoms with van der Waals surface area (Å²) >= 11 is 0. The molecule has 0 atom stereocenters. The van der Waals surface area contributed by atoms with Gasteiger partial charge in [0.25, 0.3) is 0 Å². The van der Waals surface area contributed by atoms with Gasteiger partial charge >= 0.3 is 0 Å². The highest BCUT2D eigenvalue weighted by molar-refractivity contribution is 5.34. The molecular formula is C19H22N8. The zero-order chi connectivity index (χ0) is 18.8. The van der Waals surface area contributed by atoms with Gasteiger partial charge < -0.3 is 9.88 Å². The van der Waals surface area contributed by atoms with E-state index in [2.05, 4.69) is 49.0 Å². The molecule has 0 spiro atoms. The van der Waals surface area contributed by atoms with Crippen LogP contribution in [-0.2, 0) is 33.2 Å². The molecule has 3 aromatic rings. The number of hydrogen-bond donors (Lipinski definition) is 1. The number of anilines is 1. The number of aromatic nitrogens is 5. The lowest BCUT2D eigenvalue weighted by atomic mass is 10.2. The quantitative estimate of drug-likeness (QED) is 0.745. The Balaban J connectivity index is 1.41. The van der Waals surface area contributed by atoms with Crippen molar-refractivity contribution >= 4 is 5.82 Å². The van der Waals surface area contributed by atoms with Gasteiger partial charge in [-0.15, -0.1) is 0 Å². The third kappa shape index (κ3) is 3.55. The van der Waals surface area contributed by atoms with Crippen molar-refractivity contribution in [3.63, 3.8) is 0 Å². The Kier molecular flexibility index (Phi) is 4.60. The maximum atomic E-state index is 9.22. The molecule has 0 radical (unpaired) electrons. The van der Waals surface area contributed by atoms with E-state index in [1.54, 1.807) is 18.6 Å². The first-order valence-corrected chi connectivity index (χ1v) is 8.97. The van der Waals surface area contributed by atoms with Crippen LogP contribution in [0.1, 0.15) is 28.3 Å². The van der Waals surface area contributed by atoms with Crippen molar-refractivity contribution in [2.45, 2.75) is 33.1 Å². The summed E-state index contributed by atoms with van der Waals surface area (Å²) in [4.78, 5) is 10.7. The van der Waals surface area contributed by atoms with E-state index < -0.39 is 0 Å². The van der Waals surface area contributed by atoms with Crippen molar-refractivity contribution in [3.8, 4) is 6.07 Å². The van der Waals surface area contributed by atoms with Gasteiger partial charge in [0.1, 0.15) is 17.6 Å². The van der Waals surface area contributed by atoms with Gasteiger partial charge in [-0.1, -0.05) is 0 Å². The largest absolute Gasteiger partial charge is 0.363 e. The van der Waals surface area contributed by atoms with Crippen molar-refractivity contribution in [2.24, 2.45) is 7.05 Å². The number of hydrogen-bond acceptors (Lipinski definition) is 6. The summed E-state index contributed by atoms with van der Waals surface area (Å²) in [6.45, 7) is 6.22. The maximum absolute atomic E-state index is 9.22. The van der Waals surface area contributed by atoms with Crippen LogP contribution in [0, 0.1) is 18.3 Å². The smallest absolute Gasteiger partial charge is 0.144 e. The minimum Gasteiger partial charge on any atom is -0.363 e. The molecule has 4 heterocycles. The first-order valence-electron chi connectivity index (χ1n) is 8.97. The van der Waals surface area contributed by atoms with Gasteiger partial charge in [0.15, 0.2) is 0 Å². The second-order valence-corrected chi connectivity index (χ2v) is 6.82. The standard InChI is InChI=1S/C19H22N8/c1-14-15(7-17(9-20)25(14)2)12-26-5-6-27-18(13-26)8-16(24-27)10-23-19-11-21-3-4-22-19/h3-4,7-8,11H,5-6,10,12-13H2,1-2H3,(H,22,23). The van der Waals surface area contributed by atoms with Crippen LogP contribution in [0.5, 0.6) is 0 Å². The highest BCUT2D eigenvalue weighted by Gasteiger charge is 2.20. The van der Waals surface area contributed by atoms with Crippen molar-refractivity contribution < 1.29 is 0 Å². The molecule has 0 bridgehead atoms. The molecule has 1 aliphatic heterocycles. The third-order valence-corrected chi connectivity index (χ3v) is 5.09. The third-order valence-electron chi connectivity index (χ3n) is 5.09. The topological polar surface area (TPSA) is 87.6 Å². The van der Waals surface area contributed by atoms with Crippen LogP contribution in [0.25, 0.3) is 0 Å². The van der Waals surface area contributed by atoms with E-state index in [1.807, 2.05) is 17.7 Å². The second-order valence-electron chi connectivity index (χ2n) is 6.82. The number of rotatable bonds is 5. The summed E-state index contributed by atoms with van der Waals surface area (Å²) in [6, 6.07) is 6.40. The van der Waals surface area contributed by atoms with Gasteiger partial charge in [-0.2, -0.15) is 10.4 Å². The minimum absolute atomic E-state index is 0.627. The monoisotopic (exact) mass is 362 g/mol. The Morgan fingerprint density at radius 2 is 2.15 bits per heavy atom. The second kappa shape index (κ2) is 7.21. The van der Waals surface area contributed by atoms with E-state index in [0.717, 1.165) is 43.4 Å². The van der Waals surface area contributed by atoms with Crippen molar-refractivity contribution in [3.05, 3.63) is 59.1 Å². The van der Waals surface area contributed by atoms with Crippen LogP contribution in [0.2, 0.25) is 0 Å². The highest BCUT2D eigenvalue weighted by Crippen LogP contribution is 2.20. The SMILES string of the molecule is Cc1c(CN2CCn3nc(CNc4cnccn4)cc3C2)cc(C#N)n1C. The van der Waals surface area contributed by atoms with E-state index in [1.165, 1.54) is 11.3 Å². The van der Waals surface area contributed by atoms with Gasteiger partial charge in [-0.3, -0.25) is 14.6 Å². The molecule has 0 aliphatic carbocycles. The summed E-state index contributed by atoms with van der Waals surface area (Å²) in [5.41, 5.74) is 5.29. The van der Waals surface area contributed by atoms with Gasteiger partial charge in [0.2, 0.25) is 0 Å². The molecule has 0 saturated heterocycles. The number of nitrogens with zero attached hydrogens (tertiary/aromatic N) is 7. The summed E-state index contributed by atoms with van der Waals surface area (Å²) in [6.07, 6.45) is 5.03. The molecule has 138 valence electrons. The number of nitrogens with one attached hydrogen (secondary N) is 1. The number of nitriles is 1. The Hall–Kier alpha value is -3.18. The summed E-state index contributed by atoms with van der Waals surface area (Å²) in [7, 11) is 1.94. The fraction of sp³-hybridized carbons (Fsp3) is 0.368. The average Bonchev–Trinajstić information content (AvgIpc) is 3.22. The predicted molar refractivity (Wildman–Crippen MR) is 101 cm³/mol. The van der Waals surface area contributed by atoms with E-state index in [-0.39, 0.29) is 0 Å². The molecule has 8 nitrogen and oxygen atoms in total. The maximum Gasteiger partial charge on any atom is 0.144 e. The molecule has 0 amide bonds. The average molecular weight is 362 g/mol. The predicted octanol–water partition coefficient (Wildman–Crippen LogP) is 1.82. The first kappa shape index (κ1) is 17.2. The summed E-state index contributed by atoms with van der Waals surface area (Å²) < 4.78 is 4.04. The van der Waals surface area contributed by atoms with Crippen molar-refractivity contribution in [1.82, 2.24) is 29.2 Å². The van der Waals surface area contributed by atoms with E-state index in [4.69, 9.17) is 0 Å². The Bertz CT molecular complexity index is 979. The van der Waals surface area contributed by atoms with Crippen LogP contribution >= 0.6 is 0 Å². The Morgan fingerprint density at radius 3 is 2.89 bits per heavy atom. The van der Waals surface area contributed by atoms with Crippen molar-refractivity contribution in [1.29, 1.82) is 5.26 Å². The van der Waals surface area contributed by atoms with Crippen molar-refractivity contribution in [2.75, 3.05) is 11.9 Å². The van der Waals surface area contributed by atoms with Crippen LogP contribution < -0.4 is 5.32 Å². The zero-order valence-corrected chi connectivity index (χ0v) is 15.6. The highest BCUT2D eigenvalue weighted by atomic mass is 15.3. The molecule has 0 aromatic carbocycles. The van der Waals surface area contributed by atoms with Crippen LogP contribution in [0.3, 0.4) is 0 Å². The molecule has 27 heavy (non-hydrogen) atoms. The lowest BCUT2D eigenvalue weighted by Crippen LogP contribution is -2.33.